The van der Waals surface area contributed by atoms with E-state index < -0.39 is 11.6 Å². The summed E-state index contributed by atoms with van der Waals surface area (Å²) < 4.78 is 26.2. The zero-order chi connectivity index (χ0) is 16.5. The van der Waals surface area contributed by atoms with E-state index in [-0.39, 0.29) is 0 Å². The largest absolute Gasteiger partial charge is 0.356 e. The smallest absolute Gasteiger partial charge is 0.191 e. The molecule has 0 bridgehead atoms. The van der Waals surface area contributed by atoms with Gasteiger partial charge in [-0.05, 0) is 50.0 Å². The number of guanidine groups is 1. The number of hydrogen-bond donors (Lipinski definition) is 2. The van der Waals surface area contributed by atoms with Gasteiger partial charge < -0.3 is 15.5 Å². The van der Waals surface area contributed by atoms with Crippen molar-refractivity contribution < 1.29 is 8.78 Å². The van der Waals surface area contributed by atoms with Crippen LogP contribution < -0.4 is 10.6 Å². The maximum atomic E-state index is 13.1. The summed E-state index contributed by atoms with van der Waals surface area (Å²) in [6, 6.07) is 3.60. The highest BCUT2D eigenvalue weighted by atomic mass is 19.1. The molecule has 4 nitrogen and oxygen atoms in total. The van der Waals surface area contributed by atoms with Gasteiger partial charge in [-0.3, -0.25) is 4.99 Å². The van der Waals surface area contributed by atoms with E-state index in [0.717, 1.165) is 25.1 Å². The summed E-state index contributed by atoms with van der Waals surface area (Å²) in [5.41, 5.74) is 0.638. The van der Waals surface area contributed by atoms with Gasteiger partial charge in [0.05, 0.1) is 0 Å². The van der Waals surface area contributed by atoms with Crippen LogP contribution in [0.4, 0.5) is 8.78 Å². The van der Waals surface area contributed by atoms with Gasteiger partial charge in [0.25, 0.3) is 0 Å². The van der Waals surface area contributed by atoms with Crippen LogP contribution in [0.2, 0.25) is 0 Å². The van der Waals surface area contributed by atoms with Crippen molar-refractivity contribution in [2.75, 3.05) is 39.8 Å². The minimum atomic E-state index is -0.538. The lowest BCUT2D eigenvalue weighted by Gasteiger charge is -2.26. The van der Waals surface area contributed by atoms with Gasteiger partial charge in [0.2, 0.25) is 0 Å². The molecule has 0 amide bonds. The van der Waals surface area contributed by atoms with Crippen LogP contribution in [0.3, 0.4) is 0 Å². The topological polar surface area (TPSA) is 39.7 Å². The molecule has 0 saturated carbocycles. The van der Waals surface area contributed by atoms with E-state index in [1.165, 1.54) is 44.5 Å². The lowest BCUT2D eigenvalue weighted by atomic mass is 10.1. The number of nitrogens with zero attached hydrogens (tertiary/aromatic N) is 2. The van der Waals surface area contributed by atoms with E-state index in [9.17, 15) is 8.78 Å². The molecule has 128 valence electrons. The van der Waals surface area contributed by atoms with Gasteiger partial charge in [0.1, 0.15) is 11.6 Å². The van der Waals surface area contributed by atoms with E-state index in [1.807, 2.05) is 0 Å². The molecule has 6 heteroatoms. The lowest BCUT2D eigenvalue weighted by molar-refractivity contribution is 0.232. The van der Waals surface area contributed by atoms with Crippen LogP contribution in [0.25, 0.3) is 0 Å². The van der Waals surface area contributed by atoms with Gasteiger partial charge in [-0.25, -0.2) is 8.78 Å². The average Bonchev–Trinajstić information content (AvgIpc) is 2.53. The van der Waals surface area contributed by atoms with Crippen molar-refractivity contribution in [1.82, 2.24) is 15.5 Å². The highest BCUT2D eigenvalue weighted by Gasteiger charge is 2.09. The number of halogens is 2. The minimum Gasteiger partial charge on any atom is -0.356 e. The number of rotatable bonds is 6. The van der Waals surface area contributed by atoms with Crippen molar-refractivity contribution in [3.05, 3.63) is 35.4 Å². The Labute approximate surface area is 137 Å². The molecule has 2 rings (SSSR count). The number of benzene rings is 1. The summed E-state index contributed by atoms with van der Waals surface area (Å²) in [5.74, 6) is -0.355. The standard InChI is InChI=1S/C17H26F2N4/c1-20-17(22-7-10-23-8-3-2-4-9-23)21-6-5-14-11-15(18)13-16(19)12-14/h11-13H,2-10H2,1H3,(H2,20,21,22). The first-order chi connectivity index (χ1) is 11.2. The Hall–Kier alpha value is -1.69. The van der Waals surface area contributed by atoms with Gasteiger partial charge >= 0.3 is 0 Å². The van der Waals surface area contributed by atoms with Crippen LogP contribution in [0.5, 0.6) is 0 Å². The average molecular weight is 324 g/mol. The number of likely N-dealkylation sites (tertiary alicyclic amines) is 1. The normalized spacial score (nSPS) is 16.4. The molecule has 0 unspecified atom stereocenters. The number of piperidine rings is 1. The zero-order valence-corrected chi connectivity index (χ0v) is 13.7. The highest BCUT2D eigenvalue weighted by Crippen LogP contribution is 2.08. The third-order valence-electron chi connectivity index (χ3n) is 4.02. The first kappa shape index (κ1) is 17.7. The summed E-state index contributed by atoms with van der Waals surface area (Å²) in [4.78, 5) is 6.62. The molecule has 0 aromatic heterocycles. The Morgan fingerprint density at radius 2 is 1.70 bits per heavy atom. The first-order valence-electron chi connectivity index (χ1n) is 8.29. The highest BCUT2D eigenvalue weighted by molar-refractivity contribution is 5.79. The Balaban J connectivity index is 1.66. The molecule has 0 atom stereocenters. The molecule has 1 fully saturated rings. The minimum absolute atomic E-state index is 0.538. The van der Waals surface area contributed by atoms with E-state index in [2.05, 4.69) is 20.5 Å². The van der Waals surface area contributed by atoms with Gasteiger partial charge in [-0.15, -0.1) is 0 Å². The molecule has 1 aliphatic rings. The second-order valence-corrected chi connectivity index (χ2v) is 5.86. The van der Waals surface area contributed by atoms with Gasteiger partial charge in [0.15, 0.2) is 5.96 Å². The Morgan fingerprint density at radius 1 is 1.04 bits per heavy atom. The van der Waals surface area contributed by atoms with Crippen LogP contribution in [0, 0.1) is 11.6 Å². The summed E-state index contributed by atoms with van der Waals surface area (Å²) in [5, 5.41) is 6.44. The first-order valence-corrected chi connectivity index (χ1v) is 8.29. The maximum absolute atomic E-state index is 13.1. The molecule has 0 radical (unpaired) electrons. The Morgan fingerprint density at radius 3 is 2.35 bits per heavy atom. The Bertz CT molecular complexity index is 493. The molecule has 0 spiro atoms. The van der Waals surface area contributed by atoms with Crippen molar-refractivity contribution in [3.8, 4) is 0 Å². The molecule has 23 heavy (non-hydrogen) atoms. The van der Waals surface area contributed by atoms with Crippen molar-refractivity contribution in [2.45, 2.75) is 25.7 Å². The quantitative estimate of drug-likeness (QED) is 0.622. The summed E-state index contributed by atoms with van der Waals surface area (Å²) in [7, 11) is 1.72. The maximum Gasteiger partial charge on any atom is 0.191 e. The summed E-state index contributed by atoms with van der Waals surface area (Å²) >= 11 is 0. The van der Waals surface area contributed by atoms with Crippen LogP contribution in [0.15, 0.2) is 23.2 Å². The number of nitrogens with one attached hydrogen (secondary N) is 2. The fourth-order valence-corrected chi connectivity index (χ4v) is 2.82. The molecular formula is C17H26F2N4. The van der Waals surface area contributed by atoms with E-state index in [0.29, 0.717) is 18.5 Å². The molecule has 1 aromatic carbocycles. The van der Waals surface area contributed by atoms with E-state index in [1.54, 1.807) is 7.05 Å². The second kappa shape index (κ2) is 9.45. The summed E-state index contributed by atoms with van der Waals surface area (Å²) in [6.45, 7) is 4.79. The summed E-state index contributed by atoms with van der Waals surface area (Å²) in [6.07, 6.45) is 4.46. The lowest BCUT2D eigenvalue weighted by Crippen LogP contribution is -2.43. The number of aliphatic imine (C=N–C) groups is 1. The second-order valence-electron chi connectivity index (χ2n) is 5.86. The zero-order valence-electron chi connectivity index (χ0n) is 13.7. The number of hydrogen-bond acceptors (Lipinski definition) is 2. The Kier molecular flexibility index (Phi) is 7.26. The molecule has 2 N–H and O–H groups in total. The van der Waals surface area contributed by atoms with Crippen molar-refractivity contribution >= 4 is 5.96 Å². The van der Waals surface area contributed by atoms with Gasteiger partial charge in [-0.1, -0.05) is 6.42 Å². The monoisotopic (exact) mass is 324 g/mol. The van der Waals surface area contributed by atoms with Crippen LogP contribution in [0.1, 0.15) is 24.8 Å². The molecular weight excluding hydrogens is 298 g/mol. The van der Waals surface area contributed by atoms with Crippen LogP contribution in [-0.4, -0.2) is 50.6 Å². The third-order valence-corrected chi connectivity index (χ3v) is 4.02. The fraction of sp³-hybridized carbons (Fsp3) is 0.588. The van der Waals surface area contributed by atoms with Gasteiger partial charge in [-0.2, -0.15) is 0 Å². The van der Waals surface area contributed by atoms with E-state index >= 15 is 0 Å². The van der Waals surface area contributed by atoms with Crippen LogP contribution >= 0.6 is 0 Å². The molecule has 1 aliphatic heterocycles. The predicted molar refractivity (Wildman–Crippen MR) is 89.7 cm³/mol. The molecule has 0 aliphatic carbocycles. The van der Waals surface area contributed by atoms with Crippen molar-refractivity contribution in [1.29, 1.82) is 0 Å². The molecule has 1 saturated heterocycles. The van der Waals surface area contributed by atoms with Gasteiger partial charge in [0, 0.05) is 32.7 Å². The fourth-order valence-electron chi connectivity index (χ4n) is 2.82. The van der Waals surface area contributed by atoms with Crippen molar-refractivity contribution in [2.24, 2.45) is 4.99 Å². The predicted octanol–water partition coefficient (Wildman–Crippen LogP) is 2.16. The molecule has 1 aromatic rings. The SMILES string of the molecule is CN=C(NCCc1cc(F)cc(F)c1)NCCN1CCCCC1. The third kappa shape index (κ3) is 6.52. The molecule has 1 heterocycles. The van der Waals surface area contributed by atoms with Crippen molar-refractivity contribution in [3.63, 3.8) is 0 Å². The van der Waals surface area contributed by atoms with Crippen LogP contribution in [-0.2, 0) is 6.42 Å². The van der Waals surface area contributed by atoms with E-state index in [4.69, 9.17) is 0 Å².